The third kappa shape index (κ3) is 6.95. The molecule has 2 aromatic rings. The summed E-state index contributed by atoms with van der Waals surface area (Å²) in [4.78, 5) is 50.5. The van der Waals surface area contributed by atoms with Crippen molar-refractivity contribution in [1.82, 2.24) is 10.2 Å². The Morgan fingerprint density at radius 2 is 1.75 bits per heavy atom. The van der Waals surface area contributed by atoms with E-state index < -0.39 is 36.0 Å². The van der Waals surface area contributed by atoms with Crippen LogP contribution in [-0.4, -0.2) is 79.9 Å². The van der Waals surface area contributed by atoms with Gasteiger partial charge in [-0.1, -0.05) is 12.1 Å². The summed E-state index contributed by atoms with van der Waals surface area (Å²) < 4.78 is 14.5. The molecular formula is C25H29N3O8. The van der Waals surface area contributed by atoms with Crippen molar-refractivity contribution < 1.29 is 38.5 Å². The molecule has 1 aliphatic heterocycles. The second-order valence-corrected chi connectivity index (χ2v) is 8.09. The molecule has 1 fully saturated rings. The highest BCUT2D eigenvalue weighted by atomic mass is 16.6. The summed E-state index contributed by atoms with van der Waals surface area (Å²) in [5.74, 6) is -1.15. The molecule has 0 aromatic heterocycles. The van der Waals surface area contributed by atoms with Gasteiger partial charge in [0.2, 0.25) is 0 Å². The minimum Gasteiger partial charge on any atom is -0.482 e. The molecule has 0 radical (unpaired) electrons. The molecule has 36 heavy (non-hydrogen) atoms. The fraction of sp³-hybridized carbons (Fsp3) is 0.360. The van der Waals surface area contributed by atoms with Gasteiger partial charge in [0, 0.05) is 18.7 Å². The van der Waals surface area contributed by atoms with Crippen molar-refractivity contribution in [3.8, 4) is 5.75 Å². The molecule has 0 bridgehead atoms. The van der Waals surface area contributed by atoms with Crippen molar-refractivity contribution in [1.29, 1.82) is 0 Å². The number of anilines is 1. The van der Waals surface area contributed by atoms with Crippen molar-refractivity contribution in [2.75, 3.05) is 39.2 Å². The fourth-order valence-corrected chi connectivity index (χ4v) is 3.70. The predicted octanol–water partition coefficient (Wildman–Crippen LogP) is 1.81. The first-order valence-electron chi connectivity index (χ1n) is 11.3. The summed E-state index contributed by atoms with van der Waals surface area (Å²) in [6.45, 7) is 0.180. The van der Waals surface area contributed by atoms with Gasteiger partial charge < -0.3 is 34.9 Å². The number of benzene rings is 2. The van der Waals surface area contributed by atoms with Crippen LogP contribution in [0.5, 0.6) is 5.75 Å². The number of likely N-dealkylation sites (tertiary alicyclic amines) is 1. The molecule has 3 N–H and O–H groups in total. The van der Waals surface area contributed by atoms with E-state index in [4.69, 9.17) is 9.47 Å². The molecule has 192 valence electrons. The van der Waals surface area contributed by atoms with Crippen molar-refractivity contribution >= 4 is 29.6 Å². The molecule has 3 amide bonds. The molecule has 11 heteroatoms. The number of urea groups is 1. The number of ether oxygens (including phenoxy) is 3. The van der Waals surface area contributed by atoms with Crippen molar-refractivity contribution in [3.63, 3.8) is 0 Å². The molecule has 0 aliphatic carbocycles. The van der Waals surface area contributed by atoms with Crippen LogP contribution < -0.4 is 15.4 Å². The number of rotatable bonds is 7. The maximum atomic E-state index is 13.0. The summed E-state index contributed by atoms with van der Waals surface area (Å²) in [7, 11) is 2.51. The van der Waals surface area contributed by atoms with Crippen LogP contribution in [0.25, 0.3) is 0 Å². The molecule has 1 heterocycles. The SMILES string of the molecule is COC(=O)COc1ccc(C(=O)N[C@@H]2CN(C(=O)Nc3ccccc3C(=O)OC)CCC[C@H]2O)cc1. The number of para-hydroxylation sites is 1. The molecule has 0 unspecified atom stereocenters. The predicted molar refractivity (Wildman–Crippen MR) is 129 cm³/mol. The summed E-state index contributed by atoms with van der Waals surface area (Å²) in [5, 5.41) is 16.1. The molecule has 2 atom stereocenters. The maximum absolute atomic E-state index is 13.0. The molecular weight excluding hydrogens is 470 g/mol. The van der Waals surface area contributed by atoms with Gasteiger partial charge in [0.1, 0.15) is 5.75 Å². The summed E-state index contributed by atoms with van der Waals surface area (Å²) in [6, 6.07) is 11.4. The molecule has 0 saturated carbocycles. The second-order valence-electron chi connectivity index (χ2n) is 8.09. The Morgan fingerprint density at radius 3 is 2.44 bits per heavy atom. The number of methoxy groups -OCH3 is 2. The monoisotopic (exact) mass is 499 g/mol. The van der Waals surface area contributed by atoms with Gasteiger partial charge in [-0.3, -0.25) is 4.79 Å². The number of esters is 2. The molecule has 1 saturated heterocycles. The van der Waals surface area contributed by atoms with Crippen LogP contribution in [-0.2, 0) is 14.3 Å². The second kappa shape index (κ2) is 12.5. The average Bonchev–Trinajstić information content (AvgIpc) is 3.08. The first-order chi connectivity index (χ1) is 17.3. The van der Waals surface area contributed by atoms with E-state index in [1.54, 1.807) is 36.4 Å². The average molecular weight is 500 g/mol. The number of aliphatic hydroxyl groups is 1. The van der Waals surface area contributed by atoms with E-state index in [0.717, 1.165) is 0 Å². The third-order valence-electron chi connectivity index (χ3n) is 5.69. The van der Waals surface area contributed by atoms with E-state index in [-0.39, 0.29) is 18.7 Å². The highest BCUT2D eigenvalue weighted by molar-refractivity contribution is 6.01. The maximum Gasteiger partial charge on any atom is 0.343 e. The Bertz CT molecular complexity index is 1090. The van der Waals surface area contributed by atoms with Crippen LogP contribution in [0.2, 0.25) is 0 Å². The lowest BCUT2D eigenvalue weighted by Crippen LogP contribution is -2.50. The van der Waals surface area contributed by atoms with Gasteiger partial charge in [-0.25, -0.2) is 14.4 Å². The minimum absolute atomic E-state index is 0.0689. The van der Waals surface area contributed by atoms with Gasteiger partial charge >= 0.3 is 18.0 Å². The number of carbonyl (C=O) groups is 4. The highest BCUT2D eigenvalue weighted by Crippen LogP contribution is 2.19. The smallest absolute Gasteiger partial charge is 0.343 e. The number of nitrogens with one attached hydrogen (secondary N) is 2. The van der Waals surface area contributed by atoms with E-state index >= 15 is 0 Å². The number of hydrogen-bond donors (Lipinski definition) is 3. The van der Waals surface area contributed by atoms with Crippen LogP contribution >= 0.6 is 0 Å². The fourth-order valence-electron chi connectivity index (χ4n) is 3.70. The zero-order chi connectivity index (χ0) is 26.1. The van der Waals surface area contributed by atoms with Crippen molar-refractivity contribution in [2.45, 2.75) is 25.0 Å². The van der Waals surface area contributed by atoms with Gasteiger partial charge in [-0.15, -0.1) is 0 Å². The van der Waals surface area contributed by atoms with Crippen LogP contribution in [0.15, 0.2) is 48.5 Å². The van der Waals surface area contributed by atoms with Crippen LogP contribution in [0.3, 0.4) is 0 Å². The van der Waals surface area contributed by atoms with Gasteiger partial charge in [0.25, 0.3) is 5.91 Å². The Hall–Kier alpha value is -4.12. The van der Waals surface area contributed by atoms with Crippen LogP contribution in [0.1, 0.15) is 33.6 Å². The van der Waals surface area contributed by atoms with Crippen LogP contribution in [0.4, 0.5) is 10.5 Å². The molecule has 3 rings (SSSR count). The summed E-state index contributed by atoms with van der Waals surface area (Å²) in [6.07, 6.45) is 0.0800. The van der Waals surface area contributed by atoms with Crippen molar-refractivity contribution in [3.05, 3.63) is 59.7 Å². The Kier molecular flexibility index (Phi) is 9.23. The zero-order valence-corrected chi connectivity index (χ0v) is 20.1. The zero-order valence-electron chi connectivity index (χ0n) is 20.1. The lowest BCUT2D eigenvalue weighted by atomic mass is 10.1. The number of amides is 3. The highest BCUT2D eigenvalue weighted by Gasteiger charge is 2.30. The van der Waals surface area contributed by atoms with Gasteiger partial charge in [-0.2, -0.15) is 0 Å². The van der Waals surface area contributed by atoms with Gasteiger partial charge in [0.05, 0.1) is 37.6 Å². The van der Waals surface area contributed by atoms with Gasteiger partial charge in [0.15, 0.2) is 6.61 Å². The number of carbonyl (C=O) groups excluding carboxylic acids is 4. The number of aliphatic hydroxyl groups excluding tert-OH is 1. The lowest BCUT2D eigenvalue weighted by Gasteiger charge is -2.27. The molecule has 1 aliphatic rings. The first kappa shape index (κ1) is 26.5. The van der Waals surface area contributed by atoms with E-state index in [1.165, 1.54) is 31.3 Å². The Morgan fingerprint density at radius 1 is 1.03 bits per heavy atom. The normalized spacial score (nSPS) is 17.4. The summed E-state index contributed by atoms with van der Waals surface area (Å²) >= 11 is 0. The number of nitrogens with zero attached hydrogens (tertiary/aromatic N) is 1. The van der Waals surface area contributed by atoms with Crippen LogP contribution in [0, 0.1) is 0 Å². The van der Waals surface area contributed by atoms with E-state index in [0.29, 0.717) is 36.4 Å². The molecule has 0 spiro atoms. The largest absolute Gasteiger partial charge is 0.482 e. The van der Waals surface area contributed by atoms with E-state index in [9.17, 15) is 24.3 Å². The third-order valence-corrected chi connectivity index (χ3v) is 5.69. The number of hydrogen-bond acceptors (Lipinski definition) is 8. The Balaban J connectivity index is 1.64. The first-order valence-corrected chi connectivity index (χ1v) is 11.3. The topological polar surface area (TPSA) is 144 Å². The minimum atomic E-state index is -0.850. The van der Waals surface area contributed by atoms with E-state index in [2.05, 4.69) is 15.4 Å². The van der Waals surface area contributed by atoms with E-state index in [1.807, 2.05) is 0 Å². The van der Waals surface area contributed by atoms with Crippen molar-refractivity contribution in [2.24, 2.45) is 0 Å². The standard InChI is InChI=1S/C25H29N3O8/c1-34-22(30)15-36-17-11-9-16(10-12-17)23(31)26-20-14-28(13-5-8-21(20)29)25(33)27-19-7-4-3-6-18(19)24(32)35-2/h3-4,6-7,9-12,20-21,29H,5,8,13-15H2,1-2H3,(H,26,31)(H,27,33)/t20-,21-/m1/s1. The Labute approximate surface area is 208 Å². The van der Waals surface area contributed by atoms with Gasteiger partial charge in [-0.05, 0) is 49.2 Å². The molecule has 11 nitrogen and oxygen atoms in total. The summed E-state index contributed by atoms with van der Waals surface area (Å²) in [5.41, 5.74) is 0.834. The molecule has 2 aromatic carbocycles. The quantitative estimate of drug-likeness (QED) is 0.490. The lowest BCUT2D eigenvalue weighted by molar-refractivity contribution is -0.142.